The van der Waals surface area contributed by atoms with Crippen LogP contribution in [0.5, 0.6) is 0 Å². The van der Waals surface area contributed by atoms with Crippen LogP contribution in [0.3, 0.4) is 0 Å². The second-order valence-electron chi connectivity index (χ2n) is 4.98. The van der Waals surface area contributed by atoms with Gasteiger partial charge >= 0.3 is 23.9 Å². The maximum absolute atomic E-state index is 12.0. The van der Waals surface area contributed by atoms with E-state index >= 15 is 0 Å². The zero-order valence-corrected chi connectivity index (χ0v) is 13.6. The lowest BCUT2D eigenvalue weighted by molar-refractivity contribution is -0.167. The van der Waals surface area contributed by atoms with Crippen LogP contribution >= 0.6 is 0 Å². The second-order valence-corrected chi connectivity index (χ2v) is 4.98. The molecule has 0 amide bonds. The van der Waals surface area contributed by atoms with Gasteiger partial charge in [-0.2, -0.15) is 0 Å². The topological polar surface area (TPSA) is 105 Å². The summed E-state index contributed by atoms with van der Waals surface area (Å²) in [6.45, 7) is 5.17. The predicted octanol–water partition coefficient (Wildman–Crippen LogP) is 0.615. The number of ether oxygens (including phenoxy) is 4. The third kappa shape index (κ3) is 4.67. The summed E-state index contributed by atoms with van der Waals surface area (Å²) in [5, 5.41) is 0. The van der Waals surface area contributed by atoms with Crippen LogP contribution in [0.25, 0.3) is 0 Å². The number of rotatable bonds is 9. The van der Waals surface area contributed by atoms with Crippen molar-refractivity contribution in [1.82, 2.24) is 0 Å². The molecular formula is C15H22O8. The lowest BCUT2D eigenvalue weighted by atomic mass is 10.0. The van der Waals surface area contributed by atoms with Gasteiger partial charge in [0.25, 0.3) is 0 Å². The summed E-state index contributed by atoms with van der Waals surface area (Å²) < 4.78 is 19.4. The van der Waals surface area contributed by atoms with Gasteiger partial charge in [-0.05, 0) is 27.2 Å². The van der Waals surface area contributed by atoms with Gasteiger partial charge in [0.15, 0.2) is 5.41 Å². The summed E-state index contributed by atoms with van der Waals surface area (Å²) in [6, 6.07) is 0. The first-order valence-electron chi connectivity index (χ1n) is 7.57. The number of carbonyl (C=O) groups excluding carboxylic acids is 4. The van der Waals surface area contributed by atoms with E-state index in [1.165, 1.54) is 0 Å². The van der Waals surface area contributed by atoms with E-state index in [1.807, 2.05) is 0 Å². The van der Waals surface area contributed by atoms with Gasteiger partial charge in [0.05, 0.1) is 26.4 Å². The van der Waals surface area contributed by atoms with Gasteiger partial charge in [-0.1, -0.05) is 0 Å². The zero-order valence-electron chi connectivity index (χ0n) is 13.6. The molecule has 1 rings (SSSR count). The molecule has 130 valence electrons. The van der Waals surface area contributed by atoms with Crippen molar-refractivity contribution in [2.45, 2.75) is 33.6 Å². The minimum absolute atomic E-state index is 0.134. The van der Waals surface area contributed by atoms with E-state index in [1.54, 1.807) is 20.8 Å². The van der Waals surface area contributed by atoms with E-state index in [0.29, 0.717) is 0 Å². The highest BCUT2D eigenvalue weighted by atomic mass is 16.6. The Morgan fingerprint density at radius 1 is 0.826 bits per heavy atom. The molecule has 0 spiro atoms. The highest BCUT2D eigenvalue weighted by Gasteiger charge is 2.68. The molecule has 1 saturated carbocycles. The van der Waals surface area contributed by atoms with Crippen LogP contribution < -0.4 is 0 Å². The molecule has 1 aliphatic rings. The van der Waals surface area contributed by atoms with Crippen molar-refractivity contribution in [2.24, 2.45) is 11.3 Å². The number of esters is 4. The van der Waals surface area contributed by atoms with Crippen LogP contribution in [0.1, 0.15) is 33.6 Å². The summed E-state index contributed by atoms with van der Waals surface area (Å²) in [7, 11) is 0. The van der Waals surface area contributed by atoms with Gasteiger partial charge in [0.2, 0.25) is 0 Å². The van der Waals surface area contributed by atoms with Gasteiger partial charge in [-0.3, -0.25) is 19.2 Å². The molecular weight excluding hydrogens is 308 g/mol. The molecule has 0 radical (unpaired) electrons. The Morgan fingerprint density at radius 3 is 1.78 bits per heavy atom. The second kappa shape index (κ2) is 8.50. The molecule has 0 aliphatic heterocycles. The Bertz CT molecular complexity index is 452. The summed E-state index contributed by atoms with van der Waals surface area (Å²) >= 11 is 0. The average Bonchev–Trinajstić information content (AvgIpc) is 3.21. The fourth-order valence-corrected chi connectivity index (χ4v) is 2.21. The highest BCUT2D eigenvalue weighted by Crippen LogP contribution is 2.54. The van der Waals surface area contributed by atoms with Crippen LogP contribution in [0.15, 0.2) is 0 Å². The fourth-order valence-electron chi connectivity index (χ4n) is 2.21. The Kier molecular flexibility index (Phi) is 6.99. The minimum Gasteiger partial charge on any atom is -0.466 e. The monoisotopic (exact) mass is 330 g/mol. The van der Waals surface area contributed by atoms with Gasteiger partial charge < -0.3 is 18.9 Å². The van der Waals surface area contributed by atoms with Crippen molar-refractivity contribution in [2.75, 3.05) is 26.4 Å². The molecule has 0 saturated heterocycles. The van der Waals surface area contributed by atoms with Gasteiger partial charge in [-0.25, -0.2) is 0 Å². The van der Waals surface area contributed by atoms with Crippen molar-refractivity contribution in [3.05, 3.63) is 0 Å². The van der Waals surface area contributed by atoms with E-state index < -0.39 is 41.6 Å². The number of hydrogen-bond donors (Lipinski definition) is 0. The molecule has 1 atom stereocenters. The fraction of sp³-hybridized carbons (Fsp3) is 0.733. The molecule has 8 nitrogen and oxygen atoms in total. The lowest BCUT2D eigenvalue weighted by Gasteiger charge is -2.14. The predicted molar refractivity (Wildman–Crippen MR) is 76.0 cm³/mol. The van der Waals surface area contributed by atoms with Crippen LogP contribution in [0.4, 0.5) is 0 Å². The maximum atomic E-state index is 12.0. The van der Waals surface area contributed by atoms with E-state index in [9.17, 15) is 19.2 Å². The summed E-state index contributed by atoms with van der Waals surface area (Å²) in [4.78, 5) is 46.7. The molecule has 0 heterocycles. The quantitative estimate of drug-likeness (QED) is 0.344. The van der Waals surface area contributed by atoms with Gasteiger partial charge in [0, 0.05) is 5.92 Å². The standard InChI is InChI=1S/C15H22O8/c1-4-20-11(16)7-12(17)23-9-10-8-15(10,13(18)21-5-2)14(19)22-6-3/h10H,4-9H2,1-3H3. The number of hydrogen-bond acceptors (Lipinski definition) is 8. The zero-order chi connectivity index (χ0) is 17.5. The van der Waals surface area contributed by atoms with Gasteiger partial charge in [0.1, 0.15) is 6.42 Å². The first-order valence-corrected chi connectivity index (χ1v) is 7.57. The van der Waals surface area contributed by atoms with Crippen molar-refractivity contribution < 1.29 is 38.1 Å². The first-order chi connectivity index (χ1) is 10.9. The average molecular weight is 330 g/mol. The molecule has 23 heavy (non-hydrogen) atoms. The Balaban J connectivity index is 2.57. The third-order valence-electron chi connectivity index (χ3n) is 3.42. The van der Waals surface area contributed by atoms with Crippen LogP contribution in [-0.2, 0) is 38.1 Å². The van der Waals surface area contributed by atoms with Crippen LogP contribution in [0.2, 0.25) is 0 Å². The molecule has 0 aromatic rings. The number of carbonyl (C=O) groups is 4. The SMILES string of the molecule is CCOC(=O)CC(=O)OCC1CC1(C(=O)OCC)C(=O)OCC. The van der Waals surface area contributed by atoms with Crippen molar-refractivity contribution in [3.63, 3.8) is 0 Å². The van der Waals surface area contributed by atoms with Crippen LogP contribution in [-0.4, -0.2) is 50.3 Å². The van der Waals surface area contributed by atoms with Crippen LogP contribution in [0, 0.1) is 11.3 Å². The lowest BCUT2D eigenvalue weighted by Crippen LogP contribution is -2.33. The Morgan fingerprint density at radius 2 is 1.30 bits per heavy atom. The van der Waals surface area contributed by atoms with E-state index in [2.05, 4.69) is 4.74 Å². The molecule has 0 bridgehead atoms. The summed E-state index contributed by atoms with van der Waals surface area (Å²) in [6.07, 6.45) is -0.316. The Labute approximate surface area is 134 Å². The van der Waals surface area contributed by atoms with Gasteiger partial charge in [-0.15, -0.1) is 0 Å². The molecule has 8 heteroatoms. The first kappa shape index (κ1) is 18.9. The molecule has 1 aliphatic carbocycles. The van der Waals surface area contributed by atoms with E-state index in [4.69, 9.17) is 14.2 Å². The summed E-state index contributed by atoms with van der Waals surface area (Å²) in [5.41, 5.74) is -1.41. The highest BCUT2D eigenvalue weighted by molar-refractivity contribution is 6.04. The van der Waals surface area contributed by atoms with Crippen molar-refractivity contribution in [3.8, 4) is 0 Å². The molecule has 0 aromatic carbocycles. The normalized spacial score (nSPS) is 17.8. The van der Waals surface area contributed by atoms with E-state index in [0.717, 1.165) is 0 Å². The largest absolute Gasteiger partial charge is 0.466 e. The van der Waals surface area contributed by atoms with Crippen molar-refractivity contribution >= 4 is 23.9 Å². The molecule has 1 unspecified atom stereocenters. The molecule has 0 aromatic heterocycles. The summed E-state index contributed by atoms with van der Waals surface area (Å²) in [5.74, 6) is -3.31. The Hall–Kier alpha value is -2.12. The third-order valence-corrected chi connectivity index (χ3v) is 3.42. The van der Waals surface area contributed by atoms with Crippen molar-refractivity contribution in [1.29, 1.82) is 0 Å². The van der Waals surface area contributed by atoms with E-state index in [-0.39, 0.29) is 32.8 Å². The minimum atomic E-state index is -1.41. The smallest absolute Gasteiger partial charge is 0.323 e. The maximum Gasteiger partial charge on any atom is 0.323 e. The molecule has 0 N–H and O–H groups in total. The molecule has 1 fully saturated rings.